The smallest absolute Gasteiger partial charge is 0.175 e. The third kappa shape index (κ3) is 2.97. The van der Waals surface area contributed by atoms with Gasteiger partial charge in [-0.2, -0.15) is 0 Å². The van der Waals surface area contributed by atoms with Gasteiger partial charge in [0.2, 0.25) is 0 Å². The van der Waals surface area contributed by atoms with Crippen molar-refractivity contribution < 1.29 is 9.84 Å². The molecule has 1 fully saturated rings. The molecule has 0 bridgehead atoms. The third-order valence-electron chi connectivity index (χ3n) is 2.57. The Morgan fingerprint density at radius 1 is 1.47 bits per heavy atom. The molecule has 3 heteroatoms. The van der Waals surface area contributed by atoms with Crippen LogP contribution < -0.4 is 0 Å². The Balaban J connectivity index is 1.88. The molecule has 2 rings (SSSR count). The minimum absolute atomic E-state index is 0.186. The lowest BCUT2D eigenvalue weighted by Gasteiger charge is -2.21. The van der Waals surface area contributed by atoms with E-state index in [1.54, 1.807) is 11.8 Å². The Hall–Kier alpha value is -0.510. The first-order chi connectivity index (χ1) is 7.18. The first kappa shape index (κ1) is 11.0. The molecule has 1 heterocycles. The number of thioether (sulfide) groups is 1. The molecule has 0 aromatic heterocycles. The summed E-state index contributed by atoms with van der Waals surface area (Å²) in [7, 11) is 0. The van der Waals surface area contributed by atoms with Gasteiger partial charge >= 0.3 is 0 Å². The maximum Gasteiger partial charge on any atom is 0.175 e. The molecule has 1 aliphatic heterocycles. The van der Waals surface area contributed by atoms with E-state index in [9.17, 15) is 5.11 Å². The highest BCUT2D eigenvalue weighted by Crippen LogP contribution is 2.33. The van der Waals surface area contributed by atoms with Crippen molar-refractivity contribution in [2.24, 2.45) is 0 Å². The van der Waals surface area contributed by atoms with Crippen molar-refractivity contribution >= 4 is 11.8 Å². The third-order valence-corrected chi connectivity index (χ3v) is 3.77. The molecule has 1 aromatic carbocycles. The summed E-state index contributed by atoms with van der Waals surface area (Å²) in [4.78, 5) is 1.18. The zero-order valence-corrected chi connectivity index (χ0v) is 9.67. The van der Waals surface area contributed by atoms with E-state index in [1.165, 1.54) is 4.90 Å². The average Bonchev–Trinajstić information content (AvgIpc) is 2.58. The van der Waals surface area contributed by atoms with Gasteiger partial charge in [0.25, 0.3) is 0 Å². The second kappa shape index (κ2) is 4.56. The number of benzene rings is 1. The van der Waals surface area contributed by atoms with E-state index in [-0.39, 0.29) is 6.10 Å². The molecule has 1 aliphatic rings. The van der Waals surface area contributed by atoms with E-state index in [4.69, 9.17) is 4.74 Å². The van der Waals surface area contributed by atoms with E-state index in [2.05, 4.69) is 0 Å². The van der Waals surface area contributed by atoms with E-state index >= 15 is 0 Å². The molecular weight excluding hydrogens is 208 g/mol. The van der Waals surface area contributed by atoms with Crippen molar-refractivity contribution in [2.45, 2.75) is 36.6 Å². The number of rotatable bonds is 3. The molecule has 0 saturated carbocycles. The second-order valence-electron chi connectivity index (χ2n) is 4.02. The van der Waals surface area contributed by atoms with Crippen LogP contribution in [0.15, 0.2) is 35.2 Å². The van der Waals surface area contributed by atoms with Crippen molar-refractivity contribution in [2.75, 3.05) is 5.75 Å². The molecule has 1 saturated heterocycles. The van der Waals surface area contributed by atoms with Crippen LogP contribution in [0.1, 0.15) is 19.8 Å². The Morgan fingerprint density at radius 2 is 2.20 bits per heavy atom. The number of ether oxygens (including phenoxy) is 1. The molecule has 2 unspecified atom stereocenters. The van der Waals surface area contributed by atoms with Crippen molar-refractivity contribution in [3.05, 3.63) is 30.3 Å². The molecule has 82 valence electrons. The van der Waals surface area contributed by atoms with Gasteiger partial charge in [0.1, 0.15) is 0 Å². The van der Waals surface area contributed by atoms with Gasteiger partial charge in [-0.05, 0) is 25.5 Å². The average molecular weight is 224 g/mol. The van der Waals surface area contributed by atoms with Crippen LogP contribution >= 0.6 is 11.8 Å². The summed E-state index contributed by atoms with van der Waals surface area (Å²) in [6.45, 7) is 2.01. The zero-order valence-electron chi connectivity index (χ0n) is 8.85. The molecule has 1 N–H and O–H groups in total. The SMILES string of the molecule is CC1CCC(O)(CSc2ccccc2)O1. The molecule has 0 radical (unpaired) electrons. The summed E-state index contributed by atoms with van der Waals surface area (Å²) in [6.07, 6.45) is 1.88. The first-order valence-electron chi connectivity index (χ1n) is 5.26. The van der Waals surface area contributed by atoms with Gasteiger partial charge in [-0.15, -0.1) is 11.8 Å². The molecule has 0 spiro atoms. The Bertz CT molecular complexity index is 315. The molecule has 0 aliphatic carbocycles. The van der Waals surface area contributed by atoms with Crippen LogP contribution in [-0.4, -0.2) is 22.8 Å². The fraction of sp³-hybridized carbons (Fsp3) is 0.500. The number of hydrogen-bond donors (Lipinski definition) is 1. The second-order valence-corrected chi connectivity index (χ2v) is 5.06. The predicted octanol–water partition coefficient (Wildman–Crippen LogP) is 2.67. The van der Waals surface area contributed by atoms with Gasteiger partial charge in [0, 0.05) is 11.3 Å². The molecular formula is C12H16O2S. The van der Waals surface area contributed by atoms with Crippen LogP contribution in [0.2, 0.25) is 0 Å². The lowest BCUT2D eigenvalue weighted by Crippen LogP contribution is -2.31. The van der Waals surface area contributed by atoms with Crippen molar-refractivity contribution in [1.29, 1.82) is 0 Å². The molecule has 1 aromatic rings. The van der Waals surface area contributed by atoms with Crippen molar-refractivity contribution in [3.63, 3.8) is 0 Å². The van der Waals surface area contributed by atoms with Crippen molar-refractivity contribution in [1.82, 2.24) is 0 Å². The fourth-order valence-electron chi connectivity index (χ4n) is 1.74. The van der Waals surface area contributed by atoms with Crippen LogP contribution in [0, 0.1) is 0 Å². The number of aliphatic hydroxyl groups is 1. The summed E-state index contributed by atoms with van der Waals surface area (Å²) < 4.78 is 5.51. The molecule has 2 nitrogen and oxygen atoms in total. The standard InChI is InChI=1S/C12H16O2S/c1-10-7-8-12(13,14-10)9-15-11-5-3-2-4-6-11/h2-6,10,13H,7-9H2,1H3. The maximum absolute atomic E-state index is 10.1. The van der Waals surface area contributed by atoms with E-state index < -0.39 is 5.79 Å². The lowest BCUT2D eigenvalue weighted by molar-refractivity contribution is -0.170. The summed E-state index contributed by atoms with van der Waals surface area (Å²) >= 11 is 1.64. The predicted molar refractivity (Wildman–Crippen MR) is 61.9 cm³/mol. The van der Waals surface area contributed by atoms with Gasteiger partial charge in [0.15, 0.2) is 5.79 Å². The Labute approximate surface area is 94.6 Å². The summed E-state index contributed by atoms with van der Waals surface area (Å²) in [5.74, 6) is -0.304. The largest absolute Gasteiger partial charge is 0.365 e. The van der Waals surface area contributed by atoms with Gasteiger partial charge < -0.3 is 9.84 Å². The van der Waals surface area contributed by atoms with Crippen LogP contribution in [0.3, 0.4) is 0 Å². The van der Waals surface area contributed by atoms with Gasteiger partial charge in [-0.3, -0.25) is 0 Å². The van der Waals surface area contributed by atoms with E-state index in [0.29, 0.717) is 5.75 Å². The topological polar surface area (TPSA) is 29.5 Å². The summed E-state index contributed by atoms with van der Waals surface area (Å²) in [5, 5.41) is 10.1. The molecule has 15 heavy (non-hydrogen) atoms. The van der Waals surface area contributed by atoms with Gasteiger partial charge in [0.05, 0.1) is 11.9 Å². The minimum atomic E-state index is -0.917. The van der Waals surface area contributed by atoms with E-state index in [1.807, 2.05) is 37.3 Å². The van der Waals surface area contributed by atoms with Crippen LogP contribution in [0.5, 0.6) is 0 Å². The highest BCUT2D eigenvalue weighted by molar-refractivity contribution is 7.99. The van der Waals surface area contributed by atoms with Crippen LogP contribution in [0.25, 0.3) is 0 Å². The van der Waals surface area contributed by atoms with Crippen LogP contribution in [0.4, 0.5) is 0 Å². The van der Waals surface area contributed by atoms with Gasteiger partial charge in [-0.1, -0.05) is 18.2 Å². The highest BCUT2D eigenvalue weighted by atomic mass is 32.2. The highest BCUT2D eigenvalue weighted by Gasteiger charge is 2.36. The monoisotopic (exact) mass is 224 g/mol. The summed E-state index contributed by atoms with van der Waals surface area (Å²) in [6, 6.07) is 10.1. The quantitative estimate of drug-likeness (QED) is 0.800. The first-order valence-corrected chi connectivity index (χ1v) is 6.25. The van der Waals surface area contributed by atoms with E-state index in [0.717, 1.165) is 12.8 Å². The van der Waals surface area contributed by atoms with Gasteiger partial charge in [-0.25, -0.2) is 0 Å². The minimum Gasteiger partial charge on any atom is -0.365 e. The van der Waals surface area contributed by atoms with Crippen LogP contribution in [-0.2, 0) is 4.74 Å². The maximum atomic E-state index is 10.1. The Kier molecular flexibility index (Phi) is 3.34. The Morgan fingerprint density at radius 3 is 2.80 bits per heavy atom. The normalized spacial score (nSPS) is 30.7. The fourth-order valence-corrected chi connectivity index (χ4v) is 2.69. The van der Waals surface area contributed by atoms with Crippen molar-refractivity contribution in [3.8, 4) is 0 Å². The zero-order chi connectivity index (χ0) is 10.7. The molecule has 0 amide bonds. The lowest BCUT2D eigenvalue weighted by atomic mass is 10.2. The molecule has 2 atom stereocenters. The number of hydrogen-bond acceptors (Lipinski definition) is 3. The summed E-state index contributed by atoms with van der Waals surface area (Å²) in [5.41, 5.74) is 0.